The van der Waals surface area contributed by atoms with Crippen molar-refractivity contribution in [2.24, 2.45) is 0 Å². The third kappa shape index (κ3) is 4.30. The van der Waals surface area contributed by atoms with Gasteiger partial charge < -0.3 is 11.1 Å². The first-order valence-electron chi connectivity index (χ1n) is 5.14. The first-order chi connectivity index (χ1) is 7.90. The lowest BCUT2D eigenvalue weighted by atomic mass is 10.1. The maximum atomic E-state index is 12.8. The molecule has 3 N–H and O–H groups in total. The van der Waals surface area contributed by atoms with Crippen molar-refractivity contribution in [3.05, 3.63) is 23.8 Å². The Kier molecular flexibility index (Phi) is 4.86. The molecule has 1 rings (SSSR count). The van der Waals surface area contributed by atoms with E-state index in [1.54, 1.807) is 19.2 Å². The molecule has 0 aliphatic carbocycles. The van der Waals surface area contributed by atoms with E-state index in [1.165, 1.54) is 12.1 Å². The summed E-state index contributed by atoms with van der Waals surface area (Å²) >= 11 is 0. The van der Waals surface area contributed by atoms with Crippen molar-refractivity contribution in [1.29, 1.82) is 0 Å². The van der Waals surface area contributed by atoms with E-state index < -0.39 is 17.2 Å². The minimum atomic E-state index is -2.58. The summed E-state index contributed by atoms with van der Waals surface area (Å²) in [4.78, 5) is 0. The fraction of sp³-hybridized carbons (Fsp3) is 0.455. The van der Waals surface area contributed by atoms with Crippen LogP contribution in [-0.4, -0.2) is 22.3 Å². The van der Waals surface area contributed by atoms with Crippen molar-refractivity contribution in [1.82, 2.24) is 0 Å². The first kappa shape index (κ1) is 13.9. The number of nitrogens with two attached hydrogens (primary N) is 1. The molecule has 0 aliphatic rings. The fourth-order valence-corrected chi connectivity index (χ4v) is 2.34. The molecule has 96 valence electrons. The quantitative estimate of drug-likeness (QED) is 0.801. The molecule has 2 atom stereocenters. The lowest BCUT2D eigenvalue weighted by molar-refractivity contribution is 0.152. The average molecular weight is 262 g/mol. The van der Waals surface area contributed by atoms with Crippen LogP contribution < -0.4 is 11.1 Å². The number of nitrogens with one attached hydrogen (secondary N) is 1. The summed E-state index contributed by atoms with van der Waals surface area (Å²) in [6.07, 6.45) is -1.00. The van der Waals surface area contributed by atoms with E-state index in [1.807, 2.05) is 0 Å². The maximum Gasteiger partial charge on any atom is 0.265 e. The molecule has 0 spiro atoms. The average Bonchev–Trinajstić information content (AvgIpc) is 2.19. The summed E-state index contributed by atoms with van der Waals surface area (Å²) in [5.41, 5.74) is 5.98. The van der Waals surface area contributed by atoms with Crippen molar-refractivity contribution < 1.29 is 13.0 Å². The van der Waals surface area contributed by atoms with E-state index in [9.17, 15) is 13.0 Å². The Balaban J connectivity index is 2.86. The van der Waals surface area contributed by atoms with E-state index in [0.29, 0.717) is 17.1 Å². The third-order valence-corrected chi connectivity index (χ3v) is 3.17. The fourth-order valence-electron chi connectivity index (χ4n) is 1.55. The third-order valence-electron chi connectivity index (χ3n) is 2.20. The van der Waals surface area contributed by atoms with Crippen LogP contribution in [0.15, 0.2) is 18.2 Å². The summed E-state index contributed by atoms with van der Waals surface area (Å²) in [5.74, 6) is 0.410. The zero-order chi connectivity index (χ0) is 13.0. The van der Waals surface area contributed by atoms with Crippen LogP contribution in [0.4, 0.5) is 20.2 Å². The van der Waals surface area contributed by atoms with Crippen LogP contribution in [0.25, 0.3) is 0 Å². The Morgan fingerprint density at radius 3 is 2.65 bits per heavy atom. The highest BCUT2D eigenvalue weighted by molar-refractivity contribution is 7.84. The predicted octanol–water partition coefficient (Wildman–Crippen LogP) is 2.39. The second-order valence-corrected chi connectivity index (χ2v) is 5.41. The second kappa shape index (κ2) is 5.95. The van der Waals surface area contributed by atoms with Crippen LogP contribution >= 0.6 is 0 Å². The van der Waals surface area contributed by atoms with Gasteiger partial charge in [-0.05, 0) is 25.1 Å². The molecule has 0 fully saturated rings. The van der Waals surface area contributed by atoms with Gasteiger partial charge in [0.1, 0.15) is 0 Å². The molecule has 0 aromatic heterocycles. The summed E-state index contributed by atoms with van der Waals surface area (Å²) in [7, 11) is -0.966. The number of nitrogen functional groups attached to an aromatic ring is 1. The maximum absolute atomic E-state index is 12.8. The van der Waals surface area contributed by atoms with Crippen LogP contribution in [0, 0.1) is 0 Å². The minimum absolute atomic E-state index is 0.126. The molecule has 3 nitrogen and oxygen atoms in total. The zero-order valence-electron chi connectivity index (χ0n) is 9.74. The number of anilines is 2. The number of hydrogen-bond donors (Lipinski definition) is 2. The molecule has 1 aromatic rings. The molecule has 1 aromatic carbocycles. The summed E-state index contributed by atoms with van der Waals surface area (Å²) in [6.45, 7) is 1.80. The van der Waals surface area contributed by atoms with Gasteiger partial charge in [-0.25, -0.2) is 8.78 Å². The summed E-state index contributed by atoms with van der Waals surface area (Å²) < 4.78 is 36.6. The molecule has 0 amide bonds. The van der Waals surface area contributed by atoms with Crippen molar-refractivity contribution >= 4 is 22.2 Å². The van der Waals surface area contributed by atoms with Crippen LogP contribution in [0.1, 0.15) is 18.9 Å². The molecule has 0 saturated heterocycles. The predicted molar refractivity (Wildman–Crippen MR) is 67.8 cm³/mol. The minimum Gasteiger partial charge on any atom is -0.399 e. The van der Waals surface area contributed by atoms with Crippen molar-refractivity contribution in [2.45, 2.75) is 19.4 Å². The molecule has 0 radical (unpaired) electrons. The lowest BCUT2D eigenvalue weighted by Gasteiger charge is -2.17. The van der Waals surface area contributed by atoms with Crippen LogP contribution in [-0.2, 0) is 10.8 Å². The molecular formula is C11H16F2N2OS. The normalized spacial score (nSPS) is 14.6. The monoisotopic (exact) mass is 262 g/mol. The van der Waals surface area contributed by atoms with Gasteiger partial charge in [0.2, 0.25) is 0 Å². The number of hydrogen-bond acceptors (Lipinski definition) is 3. The molecule has 0 bridgehead atoms. The van der Waals surface area contributed by atoms with Crippen LogP contribution in [0.2, 0.25) is 0 Å². The topological polar surface area (TPSA) is 55.1 Å². The summed E-state index contributed by atoms with van der Waals surface area (Å²) in [6, 6.07) is 4.19. The van der Waals surface area contributed by atoms with Crippen molar-refractivity contribution in [3.63, 3.8) is 0 Å². The second-order valence-electron chi connectivity index (χ2n) is 3.93. The summed E-state index contributed by atoms with van der Waals surface area (Å²) in [5, 5.41) is 2.92. The van der Waals surface area contributed by atoms with E-state index in [0.717, 1.165) is 0 Å². The number of halogens is 2. The highest BCUT2D eigenvalue weighted by Gasteiger charge is 2.15. The van der Waals surface area contributed by atoms with Gasteiger partial charge in [-0.1, -0.05) is 0 Å². The zero-order valence-corrected chi connectivity index (χ0v) is 10.6. The highest BCUT2D eigenvalue weighted by atomic mass is 32.2. The van der Waals surface area contributed by atoms with Gasteiger partial charge >= 0.3 is 0 Å². The Labute approximate surface area is 102 Å². The standard InChI is InChI=1S/C11H16F2N2OS/c1-7(6-17(2)16)15-10-4-3-8(14)5-9(10)11(12)13/h3-5,7,11,15H,6,14H2,1-2H3. The molecule has 17 heavy (non-hydrogen) atoms. The molecule has 6 heteroatoms. The van der Waals surface area contributed by atoms with Gasteiger partial charge in [0.05, 0.1) is 0 Å². The molecule has 0 saturated carbocycles. The number of benzene rings is 1. The van der Waals surface area contributed by atoms with Gasteiger partial charge in [0.15, 0.2) is 0 Å². The van der Waals surface area contributed by atoms with E-state index in [2.05, 4.69) is 5.32 Å². The smallest absolute Gasteiger partial charge is 0.265 e. The van der Waals surface area contributed by atoms with Gasteiger partial charge in [0, 0.05) is 45.8 Å². The SMILES string of the molecule is CC(CS(C)=O)Nc1ccc(N)cc1C(F)F. The van der Waals surface area contributed by atoms with Gasteiger partial charge in [0.25, 0.3) is 6.43 Å². The van der Waals surface area contributed by atoms with Gasteiger partial charge in [-0.3, -0.25) is 4.21 Å². The van der Waals surface area contributed by atoms with E-state index in [-0.39, 0.29) is 11.6 Å². The molecular weight excluding hydrogens is 246 g/mol. The van der Waals surface area contributed by atoms with Gasteiger partial charge in [-0.15, -0.1) is 0 Å². The van der Waals surface area contributed by atoms with E-state index in [4.69, 9.17) is 5.73 Å². The largest absolute Gasteiger partial charge is 0.399 e. The van der Waals surface area contributed by atoms with Gasteiger partial charge in [-0.2, -0.15) is 0 Å². The van der Waals surface area contributed by atoms with Crippen molar-refractivity contribution in [2.75, 3.05) is 23.1 Å². The molecule has 0 heterocycles. The Bertz CT molecular complexity index is 412. The van der Waals surface area contributed by atoms with Crippen LogP contribution in [0.3, 0.4) is 0 Å². The van der Waals surface area contributed by atoms with Crippen LogP contribution in [0.5, 0.6) is 0 Å². The Morgan fingerprint density at radius 2 is 2.12 bits per heavy atom. The van der Waals surface area contributed by atoms with Crippen molar-refractivity contribution in [3.8, 4) is 0 Å². The first-order valence-corrected chi connectivity index (χ1v) is 6.87. The Morgan fingerprint density at radius 1 is 1.47 bits per heavy atom. The number of alkyl halides is 2. The number of rotatable bonds is 5. The highest BCUT2D eigenvalue weighted by Crippen LogP contribution is 2.29. The van der Waals surface area contributed by atoms with E-state index >= 15 is 0 Å². The molecule has 0 aliphatic heterocycles. The Hall–Kier alpha value is -1.17. The lowest BCUT2D eigenvalue weighted by Crippen LogP contribution is -2.23. The molecule has 2 unspecified atom stereocenters.